The molecule has 17 heavy (non-hydrogen) atoms. The monoisotopic (exact) mass is 234 g/mol. The minimum absolute atomic E-state index is 0.0464. The SMILES string of the molecule is CC(C)n1cc(Cn2ccnn2)c(N)nc1=O. The van der Waals surface area contributed by atoms with Gasteiger partial charge in [0.1, 0.15) is 5.82 Å². The van der Waals surface area contributed by atoms with Gasteiger partial charge in [0.25, 0.3) is 0 Å². The Balaban J connectivity index is 2.40. The van der Waals surface area contributed by atoms with Gasteiger partial charge in [0.15, 0.2) is 0 Å². The van der Waals surface area contributed by atoms with Crippen molar-refractivity contribution in [2.24, 2.45) is 0 Å². The van der Waals surface area contributed by atoms with Gasteiger partial charge in [0.05, 0.1) is 12.7 Å². The van der Waals surface area contributed by atoms with E-state index in [-0.39, 0.29) is 17.5 Å². The zero-order valence-electron chi connectivity index (χ0n) is 9.74. The predicted molar refractivity (Wildman–Crippen MR) is 62.4 cm³/mol. The Morgan fingerprint density at radius 2 is 2.24 bits per heavy atom. The Labute approximate surface area is 97.9 Å². The molecule has 0 bridgehead atoms. The lowest BCUT2D eigenvalue weighted by Gasteiger charge is -2.12. The molecule has 0 amide bonds. The Bertz CT molecular complexity index is 557. The summed E-state index contributed by atoms with van der Waals surface area (Å²) in [5, 5.41) is 7.55. The van der Waals surface area contributed by atoms with Crippen LogP contribution in [0.3, 0.4) is 0 Å². The summed E-state index contributed by atoms with van der Waals surface area (Å²) in [5.74, 6) is 0.238. The normalized spacial score (nSPS) is 11.0. The largest absolute Gasteiger partial charge is 0.383 e. The molecule has 0 aliphatic rings. The third-order valence-electron chi connectivity index (χ3n) is 2.42. The molecule has 0 aliphatic carbocycles. The average molecular weight is 234 g/mol. The van der Waals surface area contributed by atoms with Crippen LogP contribution in [-0.4, -0.2) is 24.5 Å². The molecule has 0 aliphatic heterocycles. The maximum atomic E-state index is 11.6. The topological polar surface area (TPSA) is 91.6 Å². The van der Waals surface area contributed by atoms with E-state index < -0.39 is 0 Å². The lowest BCUT2D eigenvalue weighted by atomic mass is 10.3. The van der Waals surface area contributed by atoms with E-state index in [0.717, 1.165) is 5.56 Å². The summed E-state index contributed by atoms with van der Waals surface area (Å²) in [5.41, 5.74) is 6.14. The van der Waals surface area contributed by atoms with Crippen molar-refractivity contribution in [2.75, 3.05) is 5.73 Å². The number of anilines is 1. The summed E-state index contributed by atoms with van der Waals surface area (Å²) in [6.07, 6.45) is 5.03. The summed E-state index contributed by atoms with van der Waals surface area (Å²) in [7, 11) is 0. The molecular weight excluding hydrogens is 220 g/mol. The van der Waals surface area contributed by atoms with Gasteiger partial charge in [-0.3, -0.25) is 4.57 Å². The number of rotatable bonds is 3. The molecule has 2 aromatic rings. The van der Waals surface area contributed by atoms with Gasteiger partial charge in [-0.25, -0.2) is 9.48 Å². The molecule has 0 unspecified atom stereocenters. The van der Waals surface area contributed by atoms with Crippen LogP contribution < -0.4 is 11.4 Å². The maximum Gasteiger partial charge on any atom is 0.349 e. The van der Waals surface area contributed by atoms with Gasteiger partial charge in [-0.15, -0.1) is 5.10 Å². The molecule has 7 nitrogen and oxygen atoms in total. The van der Waals surface area contributed by atoms with Gasteiger partial charge < -0.3 is 5.73 Å². The molecule has 0 saturated carbocycles. The number of nitrogens with zero attached hydrogens (tertiary/aromatic N) is 5. The number of nitrogen functional groups attached to an aromatic ring is 1. The zero-order valence-corrected chi connectivity index (χ0v) is 9.74. The average Bonchev–Trinajstić information content (AvgIpc) is 2.74. The number of hydrogen-bond acceptors (Lipinski definition) is 5. The van der Waals surface area contributed by atoms with Gasteiger partial charge >= 0.3 is 5.69 Å². The molecule has 2 N–H and O–H groups in total. The first-order valence-electron chi connectivity index (χ1n) is 5.29. The summed E-state index contributed by atoms with van der Waals surface area (Å²) >= 11 is 0. The van der Waals surface area contributed by atoms with E-state index in [0.29, 0.717) is 6.54 Å². The van der Waals surface area contributed by atoms with Crippen molar-refractivity contribution in [3.8, 4) is 0 Å². The van der Waals surface area contributed by atoms with Crippen LogP contribution in [0.5, 0.6) is 0 Å². The standard InChI is InChI=1S/C10H14N6O/c1-7(2)16-6-8(9(11)13-10(16)17)5-15-4-3-12-14-15/h3-4,6-7H,5H2,1-2H3,(H2,11,13,17). The second-order valence-corrected chi connectivity index (χ2v) is 4.04. The van der Waals surface area contributed by atoms with Crippen LogP contribution in [0.2, 0.25) is 0 Å². The lowest BCUT2D eigenvalue weighted by Crippen LogP contribution is -2.26. The highest BCUT2D eigenvalue weighted by Gasteiger charge is 2.08. The molecule has 7 heteroatoms. The van der Waals surface area contributed by atoms with Crippen LogP contribution in [0.25, 0.3) is 0 Å². The fourth-order valence-corrected chi connectivity index (χ4v) is 1.51. The van der Waals surface area contributed by atoms with Crippen molar-refractivity contribution in [3.05, 3.63) is 34.6 Å². The zero-order chi connectivity index (χ0) is 12.4. The highest BCUT2D eigenvalue weighted by atomic mass is 16.1. The minimum atomic E-state index is -0.333. The van der Waals surface area contributed by atoms with E-state index >= 15 is 0 Å². The number of hydrogen-bond donors (Lipinski definition) is 1. The molecule has 90 valence electrons. The van der Waals surface area contributed by atoms with Crippen LogP contribution in [0.15, 0.2) is 23.4 Å². The van der Waals surface area contributed by atoms with Crippen LogP contribution in [0, 0.1) is 0 Å². The van der Waals surface area contributed by atoms with Crippen molar-refractivity contribution in [1.29, 1.82) is 0 Å². The first-order valence-corrected chi connectivity index (χ1v) is 5.29. The third-order valence-corrected chi connectivity index (χ3v) is 2.42. The number of nitrogens with two attached hydrogens (primary N) is 1. The second-order valence-electron chi connectivity index (χ2n) is 4.04. The van der Waals surface area contributed by atoms with E-state index in [2.05, 4.69) is 15.3 Å². The van der Waals surface area contributed by atoms with Crippen LogP contribution in [0.4, 0.5) is 5.82 Å². The molecule has 2 rings (SSSR count). The quantitative estimate of drug-likeness (QED) is 0.810. The van der Waals surface area contributed by atoms with Crippen molar-refractivity contribution < 1.29 is 0 Å². The van der Waals surface area contributed by atoms with E-state index in [4.69, 9.17) is 5.73 Å². The Morgan fingerprint density at radius 1 is 1.47 bits per heavy atom. The van der Waals surface area contributed by atoms with Crippen LogP contribution >= 0.6 is 0 Å². The first-order chi connectivity index (χ1) is 8.08. The molecule has 0 atom stereocenters. The minimum Gasteiger partial charge on any atom is -0.383 e. The Hall–Kier alpha value is -2.18. The summed E-state index contributed by atoms with van der Waals surface area (Å²) in [4.78, 5) is 15.4. The highest BCUT2D eigenvalue weighted by molar-refractivity contribution is 5.36. The van der Waals surface area contributed by atoms with Crippen molar-refractivity contribution in [2.45, 2.75) is 26.4 Å². The summed E-state index contributed by atoms with van der Waals surface area (Å²) in [6, 6.07) is 0.0464. The molecule has 0 radical (unpaired) electrons. The van der Waals surface area contributed by atoms with Gasteiger partial charge in [-0.05, 0) is 13.8 Å². The van der Waals surface area contributed by atoms with E-state index in [1.807, 2.05) is 13.8 Å². The summed E-state index contributed by atoms with van der Waals surface area (Å²) in [6.45, 7) is 4.28. The maximum absolute atomic E-state index is 11.6. The lowest BCUT2D eigenvalue weighted by molar-refractivity contribution is 0.553. The van der Waals surface area contributed by atoms with Crippen molar-refractivity contribution >= 4 is 5.82 Å². The molecule has 0 spiro atoms. The van der Waals surface area contributed by atoms with Gasteiger partial charge in [0, 0.05) is 24.0 Å². The van der Waals surface area contributed by atoms with E-state index in [1.165, 1.54) is 0 Å². The van der Waals surface area contributed by atoms with Gasteiger partial charge in [-0.2, -0.15) is 4.98 Å². The molecule has 0 aromatic carbocycles. The second kappa shape index (κ2) is 4.36. The van der Waals surface area contributed by atoms with Gasteiger partial charge in [-0.1, -0.05) is 5.21 Å². The van der Waals surface area contributed by atoms with Crippen molar-refractivity contribution in [3.63, 3.8) is 0 Å². The van der Waals surface area contributed by atoms with Crippen LogP contribution in [0.1, 0.15) is 25.5 Å². The number of aromatic nitrogens is 5. The van der Waals surface area contributed by atoms with E-state index in [9.17, 15) is 4.79 Å². The molecule has 0 saturated heterocycles. The fraction of sp³-hybridized carbons (Fsp3) is 0.400. The summed E-state index contributed by atoms with van der Waals surface area (Å²) < 4.78 is 3.17. The molecule has 2 heterocycles. The smallest absolute Gasteiger partial charge is 0.349 e. The predicted octanol–water partition coefficient (Wildman–Crippen LogP) is 0.0462. The third kappa shape index (κ3) is 2.32. The van der Waals surface area contributed by atoms with E-state index in [1.54, 1.807) is 27.8 Å². The Kier molecular flexibility index (Phi) is 2.90. The Morgan fingerprint density at radius 3 is 2.82 bits per heavy atom. The highest BCUT2D eigenvalue weighted by Crippen LogP contribution is 2.09. The fourth-order valence-electron chi connectivity index (χ4n) is 1.51. The molecule has 0 fully saturated rings. The van der Waals surface area contributed by atoms with Crippen molar-refractivity contribution in [1.82, 2.24) is 24.5 Å². The van der Waals surface area contributed by atoms with Crippen LogP contribution in [-0.2, 0) is 6.54 Å². The van der Waals surface area contributed by atoms with Gasteiger partial charge in [0.2, 0.25) is 0 Å². The first kappa shape index (κ1) is 11.3. The molecular formula is C10H14N6O. The molecule has 2 aromatic heterocycles.